The third-order valence-corrected chi connectivity index (χ3v) is 3.62. The molecule has 2 atom stereocenters. The standard InChI is InChI=1S/C15H16BrClN2O/c1-10(20-14-4-2-3-13(17)7-14)15(18)6-11-5-12(16)9-19-8-11/h2-5,7-10,15H,6,18H2,1H3. The molecule has 2 aromatic rings. The molecule has 1 aromatic carbocycles. The Kier molecular flexibility index (Phi) is 5.40. The fourth-order valence-corrected chi connectivity index (χ4v) is 2.44. The van der Waals surface area contributed by atoms with Crippen LogP contribution in [0.3, 0.4) is 0 Å². The Bertz CT molecular complexity index is 528. The smallest absolute Gasteiger partial charge is 0.121 e. The summed E-state index contributed by atoms with van der Waals surface area (Å²) in [6, 6.07) is 9.21. The molecule has 0 radical (unpaired) electrons. The first-order valence-corrected chi connectivity index (χ1v) is 7.49. The third kappa shape index (κ3) is 4.47. The van der Waals surface area contributed by atoms with E-state index in [4.69, 9.17) is 22.1 Å². The van der Waals surface area contributed by atoms with E-state index in [0.717, 1.165) is 15.8 Å². The minimum absolute atomic E-state index is 0.118. The first-order chi connectivity index (χ1) is 9.54. The van der Waals surface area contributed by atoms with Gasteiger partial charge in [0, 0.05) is 27.9 Å². The number of nitrogens with zero attached hydrogens (tertiary/aromatic N) is 1. The van der Waals surface area contributed by atoms with Gasteiger partial charge in [-0.15, -0.1) is 0 Å². The van der Waals surface area contributed by atoms with Crippen LogP contribution in [-0.2, 0) is 6.42 Å². The summed E-state index contributed by atoms with van der Waals surface area (Å²) in [7, 11) is 0. The number of nitrogens with two attached hydrogens (primary N) is 1. The molecular formula is C15H16BrClN2O. The summed E-state index contributed by atoms with van der Waals surface area (Å²) in [6.45, 7) is 1.96. The molecule has 2 N–H and O–H groups in total. The fourth-order valence-electron chi connectivity index (χ4n) is 1.85. The lowest BCUT2D eigenvalue weighted by atomic mass is 10.0. The Morgan fingerprint density at radius 2 is 2.15 bits per heavy atom. The normalized spacial score (nSPS) is 13.8. The van der Waals surface area contributed by atoms with Crippen LogP contribution in [0, 0.1) is 0 Å². The van der Waals surface area contributed by atoms with Crippen molar-refractivity contribution in [3.63, 3.8) is 0 Å². The monoisotopic (exact) mass is 354 g/mol. The molecule has 0 aliphatic rings. The molecule has 5 heteroatoms. The van der Waals surface area contributed by atoms with E-state index in [2.05, 4.69) is 20.9 Å². The van der Waals surface area contributed by atoms with Gasteiger partial charge in [-0.3, -0.25) is 4.98 Å². The van der Waals surface area contributed by atoms with Crippen molar-refractivity contribution >= 4 is 27.5 Å². The third-order valence-electron chi connectivity index (χ3n) is 2.95. The van der Waals surface area contributed by atoms with Crippen LogP contribution in [0.25, 0.3) is 0 Å². The predicted octanol–water partition coefficient (Wildman–Crippen LogP) is 3.83. The lowest BCUT2D eigenvalue weighted by Gasteiger charge is -2.21. The molecule has 20 heavy (non-hydrogen) atoms. The van der Waals surface area contributed by atoms with Crippen molar-refractivity contribution in [3.8, 4) is 5.75 Å². The minimum Gasteiger partial charge on any atom is -0.489 e. The molecule has 0 fully saturated rings. The maximum Gasteiger partial charge on any atom is 0.121 e. The molecule has 106 valence electrons. The van der Waals surface area contributed by atoms with Gasteiger partial charge in [-0.2, -0.15) is 0 Å². The zero-order valence-electron chi connectivity index (χ0n) is 11.1. The molecular weight excluding hydrogens is 340 g/mol. The van der Waals surface area contributed by atoms with Gasteiger partial charge in [-0.1, -0.05) is 17.7 Å². The Hall–Kier alpha value is -1.10. The van der Waals surface area contributed by atoms with Gasteiger partial charge in [0.15, 0.2) is 0 Å². The first kappa shape index (κ1) is 15.3. The zero-order valence-corrected chi connectivity index (χ0v) is 13.4. The van der Waals surface area contributed by atoms with Gasteiger partial charge in [0.25, 0.3) is 0 Å². The number of hydrogen-bond acceptors (Lipinski definition) is 3. The highest BCUT2D eigenvalue weighted by atomic mass is 79.9. The van der Waals surface area contributed by atoms with E-state index in [1.54, 1.807) is 12.3 Å². The largest absolute Gasteiger partial charge is 0.489 e. The van der Waals surface area contributed by atoms with Crippen LogP contribution in [0.15, 0.2) is 47.2 Å². The minimum atomic E-state index is -0.120. The SMILES string of the molecule is CC(Oc1cccc(Cl)c1)C(N)Cc1cncc(Br)c1. The van der Waals surface area contributed by atoms with Crippen LogP contribution >= 0.6 is 27.5 Å². The van der Waals surface area contributed by atoms with Crippen LogP contribution in [-0.4, -0.2) is 17.1 Å². The van der Waals surface area contributed by atoms with Crippen LogP contribution < -0.4 is 10.5 Å². The van der Waals surface area contributed by atoms with Crippen LogP contribution in [0.4, 0.5) is 0 Å². The Morgan fingerprint density at radius 1 is 1.35 bits per heavy atom. The van der Waals surface area contributed by atoms with E-state index in [0.29, 0.717) is 11.4 Å². The van der Waals surface area contributed by atoms with Crippen molar-refractivity contribution in [1.29, 1.82) is 0 Å². The van der Waals surface area contributed by atoms with Crippen LogP contribution in [0.2, 0.25) is 5.02 Å². The van der Waals surface area contributed by atoms with Gasteiger partial charge in [0.2, 0.25) is 0 Å². The number of halogens is 2. The van der Waals surface area contributed by atoms with Gasteiger partial charge >= 0.3 is 0 Å². The zero-order chi connectivity index (χ0) is 14.5. The second-order valence-corrected chi connectivity index (χ2v) is 6.01. The van der Waals surface area contributed by atoms with E-state index in [-0.39, 0.29) is 12.1 Å². The molecule has 0 aliphatic heterocycles. The van der Waals surface area contributed by atoms with Crippen molar-refractivity contribution in [2.45, 2.75) is 25.5 Å². The molecule has 2 unspecified atom stereocenters. The highest BCUT2D eigenvalue weighted by molar-refractivity contribution is 9.10. The van der Waals surface area contributed by atoms with Crippen molar-refractivity contribution in [2.24, 2.45) is 5.73 Å². The van der Waals surface area contributed by atoms with Gasteiger partial charge in [-0.25, -0.2) is 0 Å². The Balaban J connectivity index is 1.96. The number of hydrogen-bond donors (Lipinski definition) is 1. The summed E-state index contributed by atoms with van der Waals surface area (Å²) in [6.07, 6.45) is 4.15. The summed E-state index contributed by atoms with van der Waals surface area (Å²) < 4.78 is 6.77. The average Bonchev–Trinajstić information content (AvgIpc) is 2.38. The lowest BCUT2D eigenvalue weighted by Crippen LogP contribution is -2.38. The predicted molar refractivity (Wildman–Crippen MR) is 85.2 cm³/mol. The van der Waals surface area contributed by atoms with Crippen molar-refractivity contribution < 1.29 is 4.74 Å². The van der Waals surface area contributed by atoms with E-state index >= 15 is 0 Å². The van der Waals surface area contributed by atoms with Crippen molar-refractivity contribution in [2.75, 3.05) is 0 Å². The molecule has 0 spiro atoms. The number of rotatable bonds is 5. The van der Waals surface area contributed by atoms with Gasteiger partial charge in [0.1, 0.15) is 11.9 Å². The maximum absolute atomic E-state index is 6.18. The van der Waals surface area contributed by atoms with Gasteiger partial charge in [-0.05, 0) is 59.1 Å². The molecule has 0 amide bonds. The second kappa shape index (κ2) is 7.07. The van der Waals surface area contributed by atoms with E-state index < -0.39 is 0 Å². The highest BCUT2D eigenvalue weighted by Gasteiger charge is 2.15. The first-order valence-electron chi connectivity index (χ1n) is 6.32. The fraction of sp³-hybridized carbons (Fsp3) is 0.267. The van der Waals surface area contributed by atoms with Crippen LogP contribution in [0.5, 0.6) is 5.75 Å². The number of aromatic nitrogens is 1. The van der Waals surface area contributed by atoms with Crippen molar-refractivity contribution in [3.05, 3.63) is 57.8 Å². The molecule has 0 saturated carbocycles. The van der Waals surface area contributed by atoms with Crippen LogP contribution in [0.1, 0.15) is 12.5 Å². The molecule has 1 aromatic heterocycles. The van der Waals surface area contributed by atoms with Gasteiger partial charge < -0.3 is 10.5 Å². The summed E-state index contributed by atoms with van der Waals surface area (Å²) in [5.41, 5.74) is 7.26. The van der Waals surface area contributed by atoms with Crippen molar-refractivity contribution in [1.82, 2.24) is 4.98 Å². The molecule has 2 rings (SSSR count). The molecule has 3 nitrogen and oxygen atoms in total. The molecule has 0 bridgehead atoms. The molecule has 1 heterocycles. The maximum atomic E-state index is 6.18. The number of benzene rings is 1. The number of ether oxygens (including phenoxy) is 1. The Morgan fingerprint density at radius 3 is 2.85 bits per heavy atom. The number of pyridine rings is 1. The summed E-state index contributed by atoms with van der Waals surface area (Å²) in [5.74, 6) is 0.729. The second-order valence-electron chi connectivity index (χ2n) is 4.66. The lowest BCUT2D eigenvalue weighted by molar-refractivity contribution is 0.189. The van der Waals surface area contributed by atoms with Gasteiger partial charge in [0.05, 0.1) is 0 Å². The molecule has 0 aliphatic carbocycles. The Labute approximate surface area is 132 Å². The summed E-state index contributed by atoms with van der Waals surface area (Å²) in [4.78, 5) is 4.13. The topological polar surface area (TPSA) is 48.1 Å². The molecule has 0 saturated heterocycles. The van der Waals surface area contributed by atoms with E-state index in [1.165, 1.54) is 0 Å². The quantitative estimate of drug-likeness (QED) is 0.886. The van der Waals surface area contributed by atoms with E-state index in [9.17, 15) is 0 Å². The summed E-state index contributed by atoms with van der Waals surface area (Å²) >= 11 is 9.33. The summed E-state index contributed by atoms with van der Waals surface area (Å²) in [5, 5.41) is 0.652. The average molecular weight is 356 g/mol. The highest BCUT2D eigenvalue weighted by Crippen LogP contribution is 2.19. The van der Waals surface area contributed by atoms with E-state index in [1.807, 2.05) is 37.4 Å².